The SMILES string of the molecule is COc1ccccc1[C@H](NC(=O)c1oc2ccccc2c1C)c1nccn1C. The van der Waals surface area contributed by atoms with Crippen molar-refractivity contribution in [2.24, 2.45) is 7.05 Å². The molecule has 6 nitrogen and oxygen atoms in total. The second-order valence-corrected chi connectivity index (χ2v) is 6.60. The zero-order chi connectivity index (χ0) is 19.7. The molecule has 0 aliphatic heterocycles. The maximum absolute atomic E-state index is 13.1. The Kier molecular flexibility index (Phi) is 4.61. The summed E-state index contributed by atoms with van der Waals surface area (Å²) in [6.07, 6.45) is 3.55. The molecule has 0 aliphatic rings. The number of imidazole rings is 1. The minimum Gasteiger partial charge on any atom is -0.496 e. The second-order valence-electron chi connectivity index (χ2n) is 6.60. The molecule has 0 saturated heterocycles. The standard InChI is InChI=1S/C22H21N3O3/c1-14-15-8-4-7-11-18(15)28-20(14)22(26)24-19(21-23-12-13-25(21)2)16-9-5-6-10-17(16)27-3/h4-13,19H,1-3H3,(H,24,26)/t19-/m0/s1. The van der Waals surface area contributed by atoms with Gasteiger partial charge in [-0.15, -0.1) is 0 Å². The number of ether oxygens (including phenoxy) is 1. The third kappa shape index (κ3) is 3.03. The molecule has 2 aromatic heterocycles. The Bertz CT molecular complexity index is 1140. The van der Waals surface area contributed by atoms with Crippen molar-refractivity contribution in [1.82, 2.24) is 14.9 Å². The number of rotatable bonds is 5. The van der Waals surface area contributed by atoms with E-state index in [1.807, 2.05) is 73.3 Å². The minimum atomic E-state index is -0.490. The highest BCUT2D eigenvalue weighted by Gasteiger charge is 2.27. The van der Waals surface area contributed by atoms with E-state index in [1.54, 1.807) is 13.3 Å². The van der Waals surface area contributed by atoms with E-state index in [2.05, 4.69) is 10.3 Å². The Morgan fingerprint density at radius 1 is 1.18 bits per heavy atom. The number of nitrogens with one attached hydrogen (secondary N) is 1. The quantitative estimate of drug-likeness (QED) is 0.572. The van der Waals surface area contributed by atoms with E-state index in [9.17, 15) is 4.79 Å². The van der Waals surface area contributed by atoms with Gasteiger partial charge in [-0.3, -0.25) is 4.79 Å². The summed E-state index contributed by atoms with van der Waals surface area (Å²) in [6.45, 7) is 1.89. The maximum Gasteiger partial charge on any atom is 0.288 e. The molecule has 2 heterocycles. The van der Waals surface area contributed by atoms with Gasteiger partial charge in [-0.25, -0.2) is 4.98 Å². The molecule has 28 heavy (non-hydrogen) atoms. The lowest BCUT2D eigenvalue weighted by Crippen LogP contribution is -2.31. The fourth-order valence-corrected chi connectivity index (χ4v) is 3.43. The predicted molar refractivity (Wildman–Crippen MR) is 106 cm³/mol. The zero-order valence-electron chi connectivity index (χ0n) is 16.0. The number of furan rings is 1. The van der Waals surface area contributed by atoms with Gasteiger partial charge in [-0.05, 0) is 19.1 Å². The van der Waals surface area contributed by atoms with Crippen LogP contribution in [0.3, 0.4) is 0 Å². The summed E-state index contributed by atoms with van der Waals surface area (Å²) >= 11 is 0. The first-order chi connectivity index (χ1) is 13.6. The summed E-state index contributed by atoms with van der Waals surface area (Å²) in [5.41, 5.74) is 2.32. The molecule has 2 aromatic carbocycles. The van der Waals surface area contributed by atoms with Crippen molar-refractivity contribution in [3.05, 3.63) is 83.6 Å². The number of carbonyl (C=O) groups excluding carboxylic acids is 1. The number of methoxy groups -OCH3 is 1. The Morgan fingerprint density at radius 2 is 1.93 bits per heavy atom. The summed E-state index contributed by atoms with van der Waals surface area (Å²) in [7, 11) is 3.50. The Hall–Kier alpha value is -3.54. The average molecular weight is 375 g/mol. The summed E-state index contributed by atoms with van der Waals surface area (Å²) in [5, 5.41) is 4.00. The predicted octanol–water partition coefficient (Wildman–Crippen LogP) is 4.00. The Balaban J connectivity index is 1.76. The van der Waals surface area contributed by atoms with E-state index in [0.717, 1.165) is 16.5 Å². The van der Waals surface area contributed by atoms with Crippen LogP contribution < -0.4 is 10.1 Å². The largest absolute Gasteiger partial charge is 0.496 e. The number of aromatic nitrogens is 2. The first-order valence-corrected chi connectivity index (χ1v) is 8.99. The first-order valence-electron chi connectivity index (χ1n) is 8.99. The van der Waals surface area contributed by atoms with Crippen LogP contribution in [-0.2, 0) is 7.05 Å². The van der Waals surface area contributed by atoms with Crippen molar-refractivity contribution < 1.29 is 13.9 Å². The van der Waals surface area contributed by atoms with E-state index < -0.39 is 6.04 Å². The van der Waals surface area contributed by atoms with Crippen molar-refractivity contribution >= 4 is 16.9 Å². The van der Waals surface area contributed by atoms with Crippen molar-refractivity contribution in [2.75, 3.05) is 7.11 Å². The topological polar surface area (TPSA) is 69.3 Å². The molecular formula is C22H21N3O3. The molecular weight excluding hydrogens is 354 g/mol. The van der Waals surface area contributed by atoms with Gasteiger partial charge in [0.15, 0.2) is 5.76 Å². The highest BCUT2D eigenvalue weighted by Crippen LogP contribution is 2.30. The van der Waals surface area contributed by atoms with E-state index in [4.69, 9.17) is 9.15 Å². The molecule has 6 heteroatoms. The number of fused-ring (bicyclic) bond motifs is 1. The molecule has 0 unspecified atom stereocenters. The normalized spacial score (nSPS) is 12.1. The van der Waals surface area contributed by atoms with Crippen LogP contribution in [0.1, 0.15) is 33.5 Å². The van der Waals surface area contributed by atoms with Gasteiger partial charge in [0.05, 0.1) is 7.11 Å². The van der Waals surface area contributed by atoms with Crippen LogP contribution >= 0.6 is 0 Å². The monoisotopic (exact) mass is 375 g/mol. The fraction of sp³-hybridized carbons (Fsp3) is 0.182. The zero-order valence-corrected chi connectivity index (χ0v) is 16.0. The number of para-hydroxylation sites is 2. The number of nitrogens with zero attached hydrogens (tertiary/aromatic N) is 2. The van der Waals surface area contributed by atoms with Crippen LogP contribution in [0, 0.1) is 6.92 Å². The number of carbonyl (C=O) groups is 1. The van der Waals surface area contributed by atoms with Crippen molar-refractivity contribution in [3.8, 4) is 5.75 Å². The van der Waals surface area contributed by atoms with Gasteiger partial charge in [0, 0.05) is 36.0 Å². The van der Waals surface area contributed by atoms with E-state index in [1.165, 1.54) is 0 Å². The van der Waals surface area contributed by atoms with Crippen LogP contribution in [0.25, 0.3) is 11.0 Å². The highest BCUT2D eigenvalue weighted by molar-refractivity contribution is 5.99. The van der Waals surface area contributed by atoms with Gasteiger partial charge in [0.1, 0.15) is 23.2 Å². The molecule has 0 fully saturated rings. The molecule has 0 radical (unpaired) electrons. The minimum absolute atomic E-state index is 0.299. The molecule has 0 bridgehead atoms. The van der Waals surface area contributed by atoms with E-state index >= 15 is 0 Å². The molecule has 1 atom stereocenters. The average Bonchev–Trinajstić information content (AvgIpc) is 3.29. The third-order valence-electron chi connectivity index (χ3n) is 4.89. The molecule has 4 rings (SSSR count). The Labute approximate surface area is 162 Å². The Morgan fingerprint density at radius 3 is 2.64 bits per heavy atom. The van der Waals surface area contributed by atoms with Crippen LogP contribution in [0.4, 0.5) is 0 Å². The van der Waals surface area contributed by atoms with Crippen LogP contribution in [0.2, 0.25) is 0 Å². The van der Waals surface area contributed by atoms with Gasteiger partial charge in [-0.2, -0.15) is 0 Å². The van der Waals surface area contributed by atoms with Crippen molar-refractivity contribution in [1.29, 1.82) is 0 Å². The summed E-state index contributed by atoms with van der Waals surface area (Å²) in [6, 6.07) is 14.7. The van der Waals surface area contributed by atoms with Gasteiger partial charge >= 0.3 is 0 Å². The number of hydrogen-bond donors (Lipinski definition) is 1. The summed E-state index contributed by atoms with van der Waals surface area (Å²) < 4.78 is 13.2. The lowest BCUT2D eigenvalue weighted by molar-refractivity contribution is 0.0914. The van der Waals surface area contributed by atoms with Crippen molar-refractivity contribution in [2.45, 2.75) is 13.0 Å². The van der Waals surface area contributed by atoms with Gasteiger partial charge in [0.25, 0.3) is 5.91 Å². The van der Waals surface area contributed by atoms with Crippen molar-refractivity contribution in [3.63, 3.8) is 0 Å². The molecule has 0 saturated carbocycles. The first kappa shape index (κ1) is 17.9. The highest BCUT2D eigenvalue weighted by atomic mass is 16.5. The molecule has 142 valence electrons. The second kappa shape index (κ2) is 7.23. The molecule has 1 amide bonds. The summed E-state index contributed by atoms with van der Waals surface area (Å²) in [4.78, 5) is 17.6. The lowest BCUT2D eigenvalue weighted by Gasteiger charge is -2.21. The van der Waals surface area contributed by atoms with Crippen LogP contribution in [0.15, 0.2) is 65.3 Å². The molecule has 1 N–H and O–H groups in total. The molecule has 0 aliphatic carbocycles. The lowest BCUT2D eigenvalue weighted by atomic mass is 10.0. The smallest absolute Gasteiger partial charge is 0.288 e. The number of amides is 1. The summed E-state index contributed by atoms with van der Waals surface area (Å²) in [5.74, 6) is 1.38. The number of benzene rings is 2. The molecule has 4 aromatic rings. The maximum atomic E-state index is 13.1. The van der Waals surface area contributed by atoms with Crippen LogP contribution in [-0.4, -0.2) is 22.6 Å². The van der Waals surface area contributed by atoms with E-state index in [-0.39, 0.29) is 5.91 Å². The van der Waals surface area contributed by atoms with Gasteiger partial charge in [0.2, 0.25) is 0 Å². The third-order valence-corrected chi connectivity index (χ3v) is 4.89. The van der Waals surface area contributed by atoms with E-state index in [0.29, 0.717) is 22.9 Å². The number of hydrogen-bond acceptors (Lipinski definition) is 4. The fourth-order valence-electron chi connectivity index (χ4n) is 3.43. The van der Waals surface area contributed by atoms with Crippen LogP contribution in [0.5, 0.6) is 5.75 Å². The molecule has 0 spiro atoms. The van der Waals surface area contributed by atoms with Gasteiger partial charge < -0.3 is 19.0 Å². The number of aryl methyl sites for hydroxylation is 2. The van der Waals surface area contributed by atoms with Gasteiger partial charge in [-0.1, -0.05) is 36.4 Å².